The third kappa shape index (κ3) is 3.32. The average Bonchev–Trinajstić information content (AvgIpc) is 2.46. The van der Waals surface area contributed by atoms with Gasteiger partial charge in [-0.15, -0.1) is 0 Å². The SMILES string of the molecule is O=C(NCC1CCOC2(CCC2)C1)Nc1ccncc1F. The highest BCUT2D eigenvalue weighted by atomic mass is 19.1. The predicted molar refractivity (Wildman–Crippen MR) is 76.5 cm³/mol. The normalized spacial score (nSPS) is 23.4. The molecule has 1 aromatic rings. The van der Waals surface area contributed by atoms with Gasteiger partial charge in [-0.1, -0.05) is 0 Å². The summed E-state index contributed by atoms with van der Waals surface area (Å²) in [7, 11) is 0. The molecule has 2 fully saturated rings. The molecule has 1 aliphatic carbocycles. The van der Waals surface area contributed by atoms with E-state index in [9.17, 15) is 9.18 Å². The number of amides is 2. The quantitative estimate of drug-likeness (QED) is 0.900. The van der Waals surface area contributed by atoms with Gasteiger partial charge in [0.1, 0.15) is 0 Å². The number of halogens is 1. The first-order valence-corrected chi connectivity index (χ1v) is 7.45. The number of aromatic nitrogens is 1. The second-order valence-corrected chi connectivity index (χ2v) is 5.93. The Kier molecular flexibility index (Phi) is 4.05. The van der Waals surface area contributed by atoms with Gasteiger partial charge in [-0.2, -0.15) is 0 Å². The fourth-order valence-corrected chi connectivity index (χ4v) is 3.10. The number of anilines is 1. The molecule has 3 rings (SSSR count). The highest BCUT2D eigenvalue weighted by molar-refractivity contribution is 5.89. The molecular weight excluding hydrogens is 273 g/mol. The molecule has 2 N–H and O–H groups in total. The number of urea groups is 1. The Labute approximate surface area is 123 Å². The summed E-state index contributed by atoms with van der Waals surface area (Å²) in [6.07, 6.45) is 8.01. The van der Waals surface area contributed by atoms with Crippen molar-refractivity contribution in [3.63, 3.8) is 0 Å². The predicted octanol–water partition coefficient (Wildman–Crippen LogP) is 2.69. The molecule has 0 bridgehead atoms. The Morgan fingerprint density at radius 1 is 1.52 bits per heavy atom. The Morgan fingerprint density at radius 2 is 2.38 bits per heavy atom. The molecule has 5 nitrogen and oxygen atoms in total. The Balaban J connectivity index is 1.46. The maximum Gasteiger partial charge on any atom is 0.319 e. The molecule has 2 heterocycles. The summed E-state index contributed by atoms with van der Waals surface area (Å²) < 4.78 is 19.2. The Morgan fingerprint density at radius 3 is 3.10 bits per heavy atom. The van der Waals surface area contributed by atoms with Gasteiger partial charge in [-0.3, -0.25) is 4.98 Å². The summed E-state index contributed by atoms with van der Waals surface area (Å²) >= 11 is 0. The fraction of sp³-hybridized carbons (Fsp3) is 0.600. The molecule has 1 spiro atoms. The van der Waals surface area contributed by atoms with E-state index in [1.807, 2.05) is 0 Å². The summed E-state index contributed by atoms with van der Waals surface area (Å²) in [5, 5.41) is 5.32. The van der Waals surface area contributed by atoms with Crippen molar-refractivity contribution < 1.29 is 13.9 Å². The van der Waals surface area contributed by atoms with Gasteiger partial charge < -0.3 is 15.4 Å². The van der Waals surface area contributed by atoms with Crippen molar-refractivity contribution in [3.05, 3.63) is 24.3 Å². The van der Waals surface area contributed by atoms with E-state index in [-0.39, 0.29) is 17.3 Å². The topological polar surface area (TPSA) is 63.2 Å². The van der Waals surface area contributed by atoms with Crippen LogP contribution in [0.3, 0.4) is 0 Å². The van der Waals surface area contributed by atoms with Crippen molar-refractivity contribution >= 4 is 11.7 Å². The van der Waals surface area contributed by atoms with E-state index in [0.29, 0.717) is 12.5 Å². The number of carbonyl (C=O) groups excluding carboxylic acids is 1. The minimum absolute atomic E-state index is 0.0816. The minimum atomic E-state index is -0.535. The van der Waals surface area contributed by atoms with Crippen molar-refractivity contribution in [2.24, 2.45) is 5.92 Å². The van der Waals surface area contributed by atoms with Gasteiger partial charge in [0, 0.05) is 19.3 Å². The van der Waals surface area contributed by atoms with Gasteiger partial charge in [0.05, 0.1) is 17.5 Å². The minimum Gasteiger partial charge on any atom is -0.375 e. The summed E-state index contributed by atoms with van der Waals surface area (Å²) in [6, 6.07) is 1.06. The zero-order valence-corrected chi connectivity index (χ0v) is 11.9. The Bertz CT molecular complexity index is 519. The first-order chi connectivity index (χ1) is 10.2. The highest BCUT2D eigenvalue weighted by Crippen LogP contribution is 2.43. The van der Waals surface area contributed by atoms with Gasteiger partial charge in [0.25, 0.3) is 0 Å². The third-order valence-corrected chi connectivity index (χ3v) is 4.43. The standard InChI is InChI=1S/C15H20FN3O2/c16-12-10-17-6-2-13(12)19-14(20)18-9-11-3-7-21-15(8-11)4-1-5-15/h2,6,10-11H,1,3-5,7-9H2,(H2,17,18,19,20). The molecule has 1 atom stereocenters. The number of pyridine rings is 1. The van der Waals surface area contributed by atoms with Crippen molar-refractivity contribution in [1.29, 1.82) is 0 Å². The molecule has 1 saturated heterocycles. The molecule has 1 saturated carbocycles. The molecule has 2 amide bonds. The van der Waals surface area contributed by atoms with Crippen molar-refractivity contribution in [3.8, 4) is 0 Å². The lowest BCUT2D eigenvalue weighted by molar-refractivity contribution is -0.142. The lowest BCUT2D eigenvalue weighted by atomic mass is 9.72. The van der Waals surface area contributed by atoms with Crippen LogP contribution < -0.4 is 10.6 Å². The molecule has 1 aromatic heterocycles. The maximum absolute atomic E-state index is 13.4. The van der Waals surface area contributed by atoms with E-state index in [1.165, 1.54) is 18.7 Å². The second kappa shape index (κ2) is 5.97. The number of ether oxygens (including phenoxy) is 1. The van der Waals surface area contributed by atoms with Crippen LogP contribution in [0.4, 0.5) is 14.9 Å². The number of nitrogens with one attached hydrogen (secondary N) is 2. The number of nitrogens with zero attached hydrogens (tertiary/aromatic N) is 1. The van der Waals surface area contributed by atoms with Gasteiger partial charge in [0.2, 0.25) is 0 Å². The van der Waals surface area contributed by atoms with Crippen LogP contribution in [-0.4, -0.2) is 29.8 Å². The van der Waals surface area contributed by atoms with Crippen LogP contribution in [0.15, 0.2) is 18.5 Å². The Hall–Kier alpha value is -1.69. The van der Waals surface area contributed by atoms with Crippen LogP contribution in [-0.2, 0) is 4.74 Å². The van der Waals surface area contributed by atoms with Gasteiger partial charge in [-0.05, 0) is 44.1 Å². The van der Waals surface area contributed by atoms with E-state index in [1.54, 1.807) is 0 Å². The molecule has 114 valence electrons. The number of hydrogen-bond acceptors (Lipinski definition) is 3. The first-order valence-electron chi connectivity index (χ1n) is 7.45. The van der Waals surface area contributed by atoms with E-state index in [4.69, 9.17) is 4.74 Å². The van der Waals surface area contributed by atoms with Crippen molar-refractivity contribution in [2.75, 3.05) is 18.5 Å². The fourth-order valence-electron chi connectivity index (χ4n) is 3.10. The third-order valence-electron chi connectivity index (χ3n) is 4.43. The molecule has 6 heteroatoms. The van der Waals surface area contributed by atoms with E-state index < -0.39 is 5.82 Å². The molecule has 0 radical (unpaired) electrons. The number of hydrogen-bond donors (Lipinski definition) is 2. The monoisotopic (exact) mass is 293 g/mol. The summed E-state index contributed by atoms with van der Waals surface area (Å²) in [6.45, 7) is 1.37. The molecule has 1 unspecified atom stereocenters. The van der Waals surface area contributed by atoms with Gasteiger partial charge >= 0.3 is 6.03 Å². The summed E-state index contributed by atoms with van der Waals surface area (Å²) in [5.74, 6) is -0.0979. The van der Waals surface area contributed by atoms with Crippen LogP contribution in [0.5, 0.6) is 0 Å². The lowest BCUT2D eigenvalue weighted by Crippen LogP contribution is -2.48. The van der Waals surface area contributed by atoms with E-state index in [2.05, 4.69) is 15.6 Å². The van der Waals surface area contributed by atoms with Crippen LogP contribution in [0.1, 0.15) is 32.1 Å². The largest absolute Gasteiger partial charge is 0.375 e. The zero-order chi connectivity index (χ0) is 14.7. The number of carbonyl (C=O) groups is 1. The molecular formula is C15H20FN3O2. The van der Waals surface area contributed by atoms with E-state index in [0.717, 1.165) is 38.5 Å². The van der Waals surface area contributed by atoms with Crippen molar-refractivity contribution in [2.45, 2.75) is 37.7 Å². The van der Waals surface area contributed by atoms with Crippen LogP contribution in [0.25, 0.3) is 0 Å². The maximum atomic E-state index is 13.4. The number of rotatable bonds is 3. The molecule has 21 heavy (non-hydrogen) atoms. The second-order valence-electron chi connectivity index (χ2n) is 5.93. The van der Waals surface area contributed by atoms with E-state index >= 15 is 0 Å². The van der Waals surface area contributed by atoms with Gasteiger partial charge in [-0.25, -0.2) is 9.18 Å². The smallest absolute Gasteiger partial charge is 0.319 e. The lowest BCUT2D eigenvalue weighted by Gasteiger charge is -2.47. The highest BCUT2D eigenvalue weighted by Gasteiger charge is 2.42. The van der Waals surface area contributed by atoms with Crippen LogP contribution in [0.2, 0.25) is 0 Å². The molecule has 1 aliphatic heterocycles. The van der Waals surface area contributed by atoms with Crippen molar-refractivity contribution in [1.82, 2.24) is 10.3 Å². The van der Waals surface area contributed by atoms with Crippen LogP contribution in [0, 0.1) is 11.7 Å². The van der Waals surface area contributed by atoms with Gasteiger partial charge in [0.15, 0.2) is 5.82 Å². The van der Waals surface area contributed by atoms with Crippen LogP contribution >= 0.6 is 0 Å². The average molecular weight is 293 g/mol. The summed E-state index contributed by atoms with van der Waals surface area (Å²) in [4.78, 5) is 15.5. The summed E-state index contributed by atoms with van der Waals surface area (Å²) in [5.41, 5.74) is 0.225. The zero-order valence-electron chi connectivity index (χ0n) is 11.9. The molecule has 2 aliphatic rings. The first kappa shape index (κ1) is 14.3. The molecule has 0 aromatic carbocycles.